The minimum absolute atomic E-state index is 0.122. The normalized spacial score (nSPS) is 11.0. The van der Waals surface area contributed by atoms with Gasteiger partial charge < -0.3 is 9.84 Å². The molecular formula is C15H14N2O4S. The van der Waals surface area contributed by atoms with Crippen molar-refractivity contribution in [2.75, 3.05) is 6.61 Å². The summed E-state index contributed by atoms with van der Waals surface area (Å²) < 4.78 is 6.49. The molecule has 0 atom stereocenters. The maximum atomic E-state index is 12.0. The first kappa shape index (κ1) is 14.4. The molecule has 1 aromatic carbocycles. The van der Waals surface area contributed by atoms with Crippen LogP contribution in [-0.2, 0) is 11.2 Å². The number of ether oxygens (including phenoxy) is 1. The Morgan fingerprint density at radius 1 is 1.41 bits per heavy atom. The van der Waals surface area contributed by atoms with Gasteiger partial charge in [-0.05, 0) is 18.6 Å². The van der Waals surface area contributed by atoms with Crippen molar-refractivity contribution in [3.63, 3.8) is 0 Å². The molecule has 0 bridgehead atoms. The van der Waals surface area contributed by atoms with Crippen molar-refractivity contribution in [3.05, 3.63) is 50.6 Å². The number of hydrogen-bond acceptors (Lipinski definition) is 5. The van der Waals surface area contributed by atoms with Gasteiger partial charge in [0, 0.05) is 18.0 Å². The highest BCUT2D eigenvalue weighted by molar-refractivity contribution is 7.09. The van der Waals surface area contributed by atoms with Gasteiger partial charge in [-0.15, -0.1) is 0 Å². The summed E-state index contributed by atoms with van der Waals surface area (Å²) in [5.41, 5.74) is 1.58. The van der Waals surface area contributed by atoms with Crippen LogP contribution in [0.3, 0.4) is 0 Å². The molecular weight excluding hydrogens is 304 g/mol. The highest BCUT2D eigenvalue weighted by Gasteiger charge is 2.16. The summed E-state index contributed by atoms with van der Waals surface area (Å²) in [5.74, 6) is -0.122. The number of aromatic hydroxyl groups is 1. The molecule has 2 heterocycles. The summed E-state index contributed by atoms with van der Waals surface area (Å²) in [4.78, 5) is 25.9. The number of aromatic nitrogens is 2. The lowest BCUT2D eigenvalue weighted by atomic mass is 10.1. The minimum atomic E-state index is -0.448. The average Bonchev–Trinajstić information content (AvgIpc) is 3.01. The van der Waals surface area contributed by atoms with Crippen LogP contribution in [0.5, 0.6) is 5.88 Å². The zero-order valence-corrected chi connectivity index (χ0v) is 12.6. The number of carbonyl (C=O) groups is 1. The van der Waals surface area contributed by atoms with Crippen LogP contribution in [0.15, 0.2) is 35.3 Å². The lowest BCUT2D eigenvalue weighted by molar-refractivity contribution is 0.155. The molecule has 2 N–H and O–H groups in total. The Morgan fingerprint density at radius 2 is 2.18 bits per heavy atom. The Morgan fingerprint density at radius 3 is 2.86 bits per heavy atom. The van der Waals surface area contributed by atoms with E-state index in [-0.39, 0.29) is 10.8 Å². The Kier molecular flexibility index (Phi) is 3.72. The molecule has 114 valence electrons. The maximum Gasteiger partial charge on any atom is 0.418 e. The van der Waals surface area contributed by atoms with Crippen LogP contribution < -0.4 is 4.87 Å². The van der Waals surface area contributed by atoms with Crippen molar-refractivity contribution in [3.8, 4) is 5.88 Å². The summed E-state index contributed by atoms with van der Waals surface area (Å²) in [6.07, 6.45) is 1.60. The van der Waals surface area contributed by atoms with Crippen LogP contribution in [0.1, 0.15) is 17.4 Å². The fourth-order valence-electron chi connectivity index (χ4n) is 2.38. The van der Waals surface area contributed by atoms with E-state index in [1.54, 1.807) is 13.1 Å². The molecule has 0 unspecified atom stereocenters. The van der Waals surface area contributed by atoms with E-state index < -0.39 is 6.09 Å². The van der Waals surface area contributed by atoms with Gasteiger partial charge in [0.15, 0.2) is 0 Å². The summed E-state index contributed by atoms with van der Waals surface area (Å²) in [7, 11) is 0. The van der Waals surface area contributed by atoms with Crippen molar-refractivity contribution in [1.82, 2.24) is 9.55 Å². The average molecular weight is 318 g/mol. The molecule has 0 aliphatic carbocycles. The van der Waals surface area contributed by atoms with E-state index in [0.717, 1.165) is 27.8 Å². The summed E-state index contributed by atoms with van der Waals surface area (Å²) >= 11 is 0.959. The summed E-state index contributed by atoms with van der Waals surface area (Å²) in [6, 6.07) is 7.44. The second-order valence-corrected chi connectivity index (χ2v) is 5.77. The van der Waals surface area contributed by atoms with Gasteiger partial charge in [0.1, 0.15) is 0 Å². The summed E-state index contributed by atoms with van der Waals surface area (Å²) in [5, 5.41) is 10.6. The molecule has 22 heavy (non-hydrogen) atoms. The van der Waals surface area contributed by atoms with E-state index in [4.69, 9.17) is 4.74 Å². The molecule has 0 amide bonds. The van der Waals surface area contributed by atoms with Gasteiger partial charge in [-0.2, -0.15) is 0 Å². The third-order valence-electron chi connectivity index (χ3n) is 3.31. The number of nitrogens with zero attached hydrogens (tertiary/aromatic N) is 1. The zero-order chi connectivity index (χ0) is 15.7. The molecule has 0 radical (unpaired) electrons. The SMILES string of the molecule is CCOC(=O)n1cc(Cc2sc(=O)[nH]c2O)c2ccccc21. The lowest BCUT2D eigenvalue weighted by Gasteiger charge is -2.03. The molecule has 0 aliphatic heterocycles. The first-order valence-electron chi connectivity index (χ1n) is 6.77. The van der Waals surface area contributed by atoms with Crippen molar-refractivity contribution < 1.29 is 14.6 Å². The topological polar surface area (TPSA) is 84.3 Å². The molecule has 0 fully saturated rings. The van der Waals surface area contributed by atoms with Crippen molar-refractivity contribution in [2.24, 2.45) is 0 Å². The van der Waals surface area contributed by atoms with E-state index >= 15 is 0 Å². The molecule has 0 aliphatic rings. The smallest absolute Gasteiger partial charge is 0.418 e. The van der Waals surface area contributed by atoms with Gasteiger partial charge in [0.2, 0.25) is 5.88 Å². The molecule has 2 aromatic heterocycles. The highest BCUT2D eigenvalue weighted by atomic mass is 32.1. The van der Waals surface area contributed by atoms with Crippen LogP contribution >= 0.6 is 11.3 Å². The van der Waals surface area contributed by atoms with Gasteiger partial charge in [-0.1, -0.05) is 29.5 Å². The van der Waals surface area contributed by atoms with E-state index in [1.807, 2.05) is 24.3 Å². The van der Waals surface area contributed by atoms with Crippen molar-refractivity contribution in [1.29, 1.82) is 0 Å². The van der Waals surface area contributed by atoms with E-state index in [9.17, 15) is 14.7 Å². The van der Waals surface area contributed by atoms with Crippen LogP contribution in [0.25, 0.3) is 10.9 Å². The number of nitrogens with one attached hydrogen (secondary N) is 1. The predicted molar refractivity (Wildman–Crippen MR) is 83.8 cm³/mol. The van der Waals surface area contributed by atoms with E-state index in [0.29, 0.717) is 17.9 Å². The number of benzene rings is 1. The van der Waals surface area contributed by atoms with Gasteiger partial charge in [0.25, 0.3) is 0 Å². The number of hydrogen-bond donors (Lipinski definition) is 2. The number of fused-ring (bicyclic) bond motifs is 1. The predicted octanol–water partition coefficient (Wildman–Crippen LogP) is 2.69. The molecule has 0 spiro atoms. The Bertz CT molecular complexity index is 890. The molecule has 0 saturated heterocycles. The van der Waals surface area contributed by atoms with Crippen LogP contribution in [0.4, 0.5) is 4.79 Å². The standard InChI is InChI=1S/C15H14N2O4S/c1-2-21-15(20)17-8-9(10-5-3-4-6-11(10)17)7-12-13(18)16-14(19)22-12/h3-6,8,18H,2,7H2,1H3,(H,16,19). The number of para-hydroxylation sites is 1. The van der Waals surface area contributed by atoms with E-state index in [1.165, 1.54) is 4.57 Å². The van der Waals surface area contributed by atoms with Gasteiger partial charge in [-0.25, -0.2) is 4.79 Å². The zero-order valence-electron chi connectivity index (χ0n) is 11.8. The lowest BCUT2D eigenvalue weighted by Crippen LogP contribution is -2.12. The minimum Gasteiger partial charge on any atom is -0.494 e. The number of aromatic amines is 1. The second kappa shape index (κ2) is 5.69. The Labute approximate surface area is 129 Å². The molecule has 3 rings (SSSR count). The monoisotopic (exact) mass is 318 g/mol. The number of thiazole rings is 1. The largest absolute Gasteiger partial charge is 0.494 e. The summed E-state index contributed by atoms with van der Waals surface area (Å²) in [6.45, 7) is 2.04. The van der Waals surface area contributed by atoms with Crippen molar-refractivity contribution in [2.45, 2.75) is 13.3 Å². The van der Waals surface area contributed by atoms with Crippen LogP contribution in [0, 0.1) is 0 Å². The maximum absolute atomic E-state index is 12.0. The first-order valence-corrected chi connectivity index (χ1v) is 7.59. The van der Waals surface area contributed by atoms with Gasteiger partial charge in [-0.3, -0.25) is 14.3 Å². The molecule has 7 heteroatoms. The van der Waals surface area contributed by atoms with E-state index in [2.05, 4.69) is 4.98 Å². The van der Waals surface area contributed by atoms with Gasteiger partial charge >= 0.3 is 11.0 Å². The Balaban J connectivity index is 2.08. The second-order valence-electron chi connectivity index (χ2n) is 4.70. The van der Waals surface area contributed by atoms with Gasteiger partial charge in [0.05, 0.1) is 17.0 Å². The third-order valence-corrected chi connectivity index (χ3v) is 4.18. The molecule has 3 aromatic rings. The Hall–Kier alpha value is -2.54. The van der Waals surface area contributed by atoms with Crippen LogP contribution in [-0.4, -0.2) is 27.4 Å². The number of carbonyl (C=O) groups excluding carboxylic acids is 1. The number of H-pyrrole nitrogens is 1. The molecule has 6 nitrogen and oxygen atoms in total. The molecule has 0 saturated carbocycles. The highest BCUT2D eigenvalue weighted by Crippen LogP contribution is 2.27. The fourth-order valence-corrected chi connectivity index (χ4v) is 3.13. The third kappa shape index (κ3) is 2.50. The quantitative estimate of drug-likeness (QED) is 0.777. The van der Waals surface area contributed by atoms with Crippen LogP contribution in [0.2, 0.25) is 0 Å². The number of rotatable bonds is 3. The fraction of sp³-hybridized carbons (Fsp3) is 0.200. The first-order chi connectivity index (χ1) is 10.6. The van der Waals surface area contributed by atoms with Crippen molar-refractivity contribution >= 4 is 28.3 Å².